The average Bonchev–Trinajstić information content (AvgIpc) is 3.15. The number of hydrogen-bond donors (Lipinski definition) is 3. The van der Waals surface area contributed by atoms with Crippen molar-refractivity contribution in [2.75, 3.05) is 0 Å². The van der Waals surface area contributed by atoms with Gasteiger partial charge in [0.2, 0.25) is 0 Å². The summed E-state index contributed by atoms with van der Waals surface area (Å²) in [5.74, 6) is -0.276. The van der Waals surface area contributed by atoms with Crippen LogP contribution in [0.2, 0.25) is 5.02 Å². The number of halogens is 2. The summed E-state index contributed by atoms with van der Waals surface area (Å²) in [5, 5.41) is 26.9. The number of phenols is 2. The third kappa shape index (κ3) is 3.69. The van der Waals surface area contributed by atoms with Crippen LogP contribution in [0.25, 0.3) is 22.5 Å². The Morgan fingerprint density at radius 3 is 2.07 bits per heavy atom. The molecule has 0 spiro atoms. The van der Waals surface area contributed by atoms with Crippen molar-refractivity contribution in [1.82, 2.24) is 10.2 Å². The number of rotatable bonds is 4. The van der Waals surface area contributed by atoms with Crippen molar-refractivity contribution in [3.05, 3.63) is 88.7 Å². The lowest BCUT2D eigenvalue weighted by Crippen LogP contribution is -2.00. The van der Waals surface area contributed by atoms with E-state index in [0.717, 1.165) is 33.6 Å². The average molecular weight is 409 g/mol. The largest absolute Gasteiger partial charge is 0.508 e. The van der Waals surface area contributed by atoms with E-state index in [9.17, 15) is 14.6 Å². The molecule has 4 aromatic rings. The van der Waals surface area contributed by atoms with E-state index >= 15 is 0 Å². The van der Waals surface area contributed by atoms with Crippen molar-refractivity contribution < 1.29 is 14.6 Å². The molecule has 0 saturated heterocycles. The van der Waals surface area contributed by atoms with Gasteiger partial charge in [-0.15, -0.1) is 0 Å². The number of phenolic OH excluding ortho intramolecular Hbond substituents is 2. The highest BCUT2D eigenvalue weighted by Crippen LogP contribution is 2.39. The minimum Gasteiger partial charge on any atom is -0.508 e. The van der Waals surface area contributed by atoms with Gasteiger partial charge < -0.3 is 10.2 Å². The Labute approximate surface area is 172 Å². The van der Waals surface area contributed by atoms with Crippen LogP contribution in [0.1, 0.15) is 24.0 Å². The molecule has 1 heterocycles. The summed E-state index contributed by atoms with van der Waals surface area (Å²) >= 11 is 6.01. The number of aromatic hydroxyl groups is 2. The van der Waals surface area contributed by atoms with Gasteiger partial charge in [0.1, 0.15) is 17.3 Å². The summed E-state index contributed by atoms with van der Waals surface area (Å²) in [7, 11) is 0. The van der Waals surface area contributed by atoms with Gasteiger partial charge in [0.15, 0.2) is 0 Å². The first-order valence-electron chi connectivity index (χ1n) is 9.06. The molecule has 3 aromatic carbocycles. The topological polar surface area (TPSA) is 69.1 Å². The molecule has 146 valence electrons. The highest BCUT2D eigenvalue weighted by atomic mass is 35.5. The summed E-state index contributed by atoms with van der Waals surface area (Å²) < 4.78 is 13.7. The van der Waals surface area contributed by atoms with E-state index in [0.29, 0.717) is 0 Å². The number of aromatic amines is 1. The smallest absolute Gasteiger partial charge is 0.141 e. The molecule has 0 saturated carbocycles. The van der Waals surface area contributed by atoms with Gasteiger partial charge in [0, 0.05) is 22.6 Å². The number of aromatic nitrogens is 2. The number of H-pyrrole nitrogens is 1. The number of hydrogen-bond acceptors (Lipinski definition) is 3. The lowest BCUT2D eigenvalue weighted by atomic mass is 9.87. The minimum atomic E-state index is -0.465. The molecule has 0 aliphatic rings. The summed E-state index contributed by atoms with van der Waals surface area (Å²) in [5.41, 5.74) is 4.96. The number of nitrogens with one attached hydrogen (secondary N) is 1. The van der Waals surface area contributed by atoms with E-state index in [1.165, 1.54) is 6.07 Å². The van der Waals surface area contributed by atoms with Gasteiger partial charge in [-0.3, -0.25) is 5.10 Å². The third-order valence-corrected chi connectivity index (χ3v) is 5.27. The fourth-order valence-electron chi connectivity index (χ4n) is 3.41. The van der Waals surface area contributed by atoms with E-state index in [1.54, 1.807) is 60.7 Å². The second kappa shape index (κ2) is 7.60. The van der Waals surface area contributed by atoms with Crippen molar-refractivity contribution >= 4 is 11.6 Å². The normalized spacial score (nSPS) is 12.1. The molecule has 1 unspecified atom stereocenters. The van der Waals surface area contributed by atoms with Crippen molar-refractivity contribution in [3.8, 4) is 34.0 Å². The molecule has 0 bridgehead atoms. The van der Waals surface area contributed by atoms with Crippen LogP contribution in [0.15, 0.2) is 66.7 Å². The van der Waals surface area contributed by atoms with Crippen LogP contribution < -0.4 is 0 Å². The van der Waals surface area contributed by atoms with Gasteiger partial charge in [0.25, 0.3) is 0 Å². The quantitative estimate of drug-likeness (QED) is 0.382. The van der Waals surface area contributed by atoms with Crippen LogP contribution in [0.4, 0.5) is 4.39 Å². The summed E-state index contributed by atoms with van der Waals surface area (Å²) in [4.78, 5) is 0. The second-order valence-corrected chi connectivity index (χ2v) is 7.26. The maximum absolute atomic E-state index is 13.7. The highest BCUT2D eigenvalue weighted by Gasteiger charge is 2.23. The Morgan fingerprint density at radius 1 is 0.897 bits per heavy atom. The van der Waals surface area contributed by atoms with Gasteiger partial charge in [0.05, 0.1) is 16.4 Å². The molecule has 1 aromatic heterocycles. The molecule has 0 aliphatic carbocycles. The molecule has 0 aliphatic heterocycles. The zero-order valence-electron chi connectivity index (χ0n) is 15.5. The SMILES string of the molecule is CC(c1ccc(F)c(Cl)c1)c1c(-c2ccc(O)cc2)n[nH]c1-c1ccc(O)cc1. The van der Waals surface area contributed by atoms with E-state index in [4.69, 9.17) is 11.6 Å². The molecular weight excluding hydrogens is 391 g/mol. The first kappa shape index (κ1) is 19.0. The first-order valence-corrected chi connectivity index (χ1v) is 9.44. The third-order valence-electron chi connectivity index (χ3n) is 4.98. The summed E-state index contributed by atoms with van der Waals surface area (Å²) in [6.07, 6.45) is 0. The summed E-state index contributed by atoms with van der Waals surface area (Å²) in [6.45, 7) is 2.00. The van der Waals surface area contributed by atoms with E-state index in [1.807, 2.05) is 6.92 Å². The van der Waals surface area contributed by atoms with Gasteiger partial charge >= 0.3 is 0 Å². The van der Waals surface area contributed by atoms with E-state index < -0.39 is 5.82 Å². The first-order chi connectivity index (χ1) is 13.9. The van der Waals surface area contributed by atoms with Crippen LogP contribution >= 0.6 is 11.6 Å². The van der Waals surface area contributed by atoms with E-state index in [-0.39, 0.29) is 22.4 Å². The van der Waals surface area contributed by atoms with E-state index in [2.05, 4.69) is 10.2 Å². The Balaban J connectivity index is 1.90. The monoisotopic (exact) mass is 408 g/mol. The second-order valence-electron chi connectivity index (χ2n) is 6.85. The molecule has 4 nitrogen and oxygen atoms in total. The fraction of sp³-hybridized carbons (Fsp3) is 0.0870. The number of benzene rings is 3. The van der Waals surface area contributed by atoms with Crippen LogP contribution in [0.5, 0.6) is 11.5 Å². The lowest BCUT2D eigenvalue weighted by Gasteiger charge is -2.16. The van der Waals surface area contributed by atoms with Gasteiger partial charge in [-0.2, -0.15) is 5.10 Å². The zero-order chi connectivity index (χ0) is 20.5. The van der Waals surface area contributed by atoms with Crippen LogP contribution in [-0.2, 0) is 0 Å². The molecule has 1 atom stereocenters. The Bertz CT molecular complexity index is 1090. The maximum atomic E-state index is 13.7. The van der Waals surface area contributed by atoms with Crippen LogP contribution in [0.3, 0.4) is 0 Å². The van der Waals surface area contributed by atoms with Crippen molar-refractivity contribution in [2.24, 2.45) is 0 Å². The molecule has 6 heteroatoms. The maximum Gasteiger partial charge on any atom is 0.141 e. The zero-order valence-corrected chi connectivity index (χ0v) is 16.3. The Morgan fingerprint density at radius 2 is 1.48 bits per heavy atom. The minimum absolute atomic E-state index is 0.0650. The van der Waals surface area contributed by atoms with Crippen LogP contribution in [-0.4, -0.2) is 20.4 Å². The van der Waals surface area contributed by atoms with Crippen molar-refractivity contribution in [3.63, 3.8) is 0 Å². The predicted molar refractivity (Wildman–Crippen MR) is 112 cm³/mol. The number of nitrogens with zero attached hydrogens (tertiary/aromatic N) is 1. The van der Waals surface area contributed by atoms with Crippen LogP contribution in [0, 0.1) is 5.82 Å². The summed E-state index contributed by atoms with van der Waals surface area (Å²) in [6, 6.07) is 18.3. The standard InChI is InChI=1S/C23H18ClFN2O2/c1-13(16-6-11-20(25)19(24)12-16)21-22(14-2-7-17(28)8-3-14)26-27-23(21)15-4-9-18(29)10-5-15/h2-13,28-29H,1H3,(H,26,27). The van der Waals surface area contributed by atoms with Crippen molar-refractivity contribution in [1.29, 1.82) is 0 Å². The van der Waals surface area contributed by atoms with Gasteiger partial charge in [-0.05, 0) is 66.2 Å². The lowest BCUT2D eigenvalue weighted by molar-refractivity contribution is 0.475. The molecular formula is C23H18ClFN2O2. The molecule has 0 fully saturated rings. The predicted octanol–water partition coefficient (Wildman–Crippen LogP) is 6.10. The fourth-order valence-corrected chi connectivity index (χ4v) is 3.60. The molecule has 29 heavy (non-hydrogen) atoms. The molecule has 0 radical (unpaired) electrons. The van der Waals surface area contributed by atoms with Crippen molar-refractivity contribution in [2.45, 2.75) is 12.8 Å². The molecule has 4 rings (SSSR count). The van der Waals surface area contributed by atoms with Gasteiger partial charge in [-0.1, -0.05) is 24.6 Å². The van der Waals surface area contributed by atoms with Gasteiger partial charge in [-0.25, -0.2) is 4.39 Å². The molecule has 0 amide bonds. The molecule has 3 N–H and O–H groups in total. The Hall–Kier alpha value is -3.31. The highest BCUT2D eigenvalue weighted by molar-refractivity contribution is 6.30. The Kier molecular flexibility index (Phi) is 4.99.